The Bertz CT molecular complexity index is 187. The number of nitrogens with zero attached hydrogens (tertiary/aromatic N) is 1. The molecule has 0 bridgehead atoms. The summed E-state index contributed by atoms with van der Waals surface area (Å²) in [4.78, 5) is 19.5. The zero-order valence-corrected chi connectivity index (χ0v) is 8.20. The first-order chi connectivity index (χ1) is 5.84. The minimum Gasteiger partial charge on any atom is -0.466 e. The maximum Gasteiger partial charge on any atom is 0.305 e. The Kier molecular flexibility index (Phi) is 4.37. The minimum atomic E-state index is -0.778. The maximum atomic E-state index is 10.0. The summed E-state index contributed by atoms with van der Waals surface area (Å²) >= 11 is 0. The van der Waals surface area contributed by atoms with Crippen molar-refractivity contribution in [2.75, 3.05) is 6.61 Å². The second-order valence-electron chi connectivity index (χ2n) is 3.75. The van der Waals surface area contributed by atoms with E-state index in [0.29, 0.717) is 13.0 Å². The third kappa shape index (κ3) is 6.07. The zero-order chi connectivity index (χ0) is 10.5. The van der Waals surface area contributed by atoms with Crippen LogP contribution in [0.3, 0.4) is 0 Å². The molecule has 1 aliphatic rings. The lowest BCUT2D eigenvalue weighted by Crippen LogP contribution is -2.25. The van der Waals surface area contributed by atoms with Gasteiger partial charge in [0.05, 0.1) is 6.61 Å². The van der Waals surface area contributed by atoms with Gasteiger partial charge in [-0.2, -0.15) is 0 Å². The Morgan fingerprint density at radius 1 is 1.46 bits per heavy atom. The van der Waals surface area contributed by atoms with Gasteiger partial charge in [0.25, 0.3) is 0 Å². The summed E-state index contributed by atoms with van der Waals surface area (Å²) in [6, 6.07) is 0. The number of esters is 1. The number of cyclic esters (lactones) is 1. The van der Waals surface area contributed by atoms with Gasteiger partial charge in [0.1, 0.15) is 0 Å². The number of rotatable bonds is 0. The van der Waals surface area contributed by atoms with E-state index in [4.69, 9.17) is 0 Å². The normalized spacial score (nSPS) is 15.8. The average Bonchev–Trinajstić information content (AvgIpc) is 2.38. The van der Waals surface area contributed by atoms with E-state index >= 15 is 0 Å². The highest BCUT2D eigenvalue weighted by atomic mass is 16.6. The van der Waals surface area contributed by atoms with Gasteiger partial charge < -0.3 is 4.74 Å². The molecule has 0 radical (unpaired) electrons. The van der Waals surface area contributed by atoms with Crippen LogP contribution in [-0.4, -0.2) is 23.0 Å². The van der Waals surface area contributed by atoms with Gasteiger partial charge >= 0.3 is 5.97 Å². The van der Waals surface area contributed by atoms with Crippen molar-refractivity contribution in [2.45, 2.75) is 39.2 Å². The van der Waals surface area contributed by atoms with Gasteiger partial charge in [0.2, 0.25) is 5.54 Å². The van der Waals surface area contributed by atoms with Crippen molar-refractivity contribution < 1.29 is 14.5 Å². The number of carbonyl (C=O) groups excluding carboxylic acids is 1. The van der Waals surface area contributed by atoms with E-state index in [2.05, 4.69) is 4.74 Å². The van der Waals surface area contributed by atoms with Gasteiger partial charge in [0.15, 0.2) is 0 Å². The third-order valence-electron chi connectivity index (χ3n) is 1.34. The fourth-order valence-electron chi connectivity index (χ4n) is 0.475. The molecular weight excluding hydrogens is 174 g/mol. The Hall–Kier alpha value is -1.13. The molecule has 1 rings (SSSR count). The van der Waals surface area contributed by atoms with E-state index in [9.17, 15) is 14.9 Å². The van der Waals surface area contributed by atoms with Crippen LogP contribution in [0.5, 0.6) is 0 Å². The molecule has 1 saturated heterocycles. The van der Waals surface area contributed by atoms with Gasteiger partial charge in [-0.15, -0.1) is 0 Å². The molecule has 0 amide bonds. The van der Waals surface area contributed by atoms with Crippen molar-refractivity contribution in [1.82, 2.24) is 0 Å². The minimum absolute atomic E-state index is 0.0463. The van der Waals surface area contributed by atoms with Gasteiger partial charge in [-0.25, -0.2) is 0 Å². The molecule has 1 aliphatic heterocycles. The second kappa shape index (κ2) is 4.79. The maximum absolute atomic E-state index is 10.0. The van der Waals surface area contributed by atoms with Gasteiger partial charge in [-0.1, -0.05) is 0 Å². The lowest BCUT2D eigenvalue weighted by Gasteiger charge is -2.05. The Morgan fingerprint density at radius 2 is 1.92 bits per heavy atom. The highest BCUT2D eigenvalue weighted by Crippen LogP contribution is 2.02. The van der Waals surface area contributed by atoms with E-state index in [1.165, 1.54) is 0 Å². The van der Waals surface area contributed by atoms with E-state index in [-0.39, 0.29) is 10.9 Å². The number of carbonyl (C=O) groups is 1. The Morgan fingerprint density at radius 3 is 2.00 bits per heavy atom. The Balaban J connectivity index is 0.000000223. The number of hydrogen-bond donors (Lipinski definition) is 0. The molecule has 0 aromatic carbocycles. The molecule has 0 atom stereocenters. The molecule has 0 saturated carbocycles. The largest absolute Gasteiger partial charge is 0.466 e. The molecule has 76 valence electrons. The molecule has 5 heteroatoms. The van der Waals surface area contributed by atoms with Crippen LogP contribution in [0.15, 0.2) is 0 Å². The number of hydrogen-bond acceptors (Lipinski definition) is 4. The quantitative estimate of drug-likeness (QED) is 0.328. The highest BCUT2D eigenvalue weighted by Gasteiger charge is 2.21. The summed E-state index contributed by atoms with van der Waals surface area (Å²) in [5, 5.41) is 9.83. The fourth-order valence-corrected chi connectivity index (χ4v) is 0.475. The topological polar surface area (TPSA) is 69.4 Å². The zero-order valence-electron chi connectivity index (χ0n) is 8.20. The molecular formula is C8H15NO4. The van der Waals surface area contributed by atoms with Crippen LogP contribution < -0.4 is 0 Å². The first kappa shape index (κ1) is 11.9. The van der Waals surface area contributed by atoms with Crippen molar-refractivity contribution in [3.8, 4) is 0 Å². The molecule has 0 aliphatic carbocycles. The molecule has 13 heavy (non-hydrogen) atoms. The van der Waals surface area contributed by atoms with Crippen molar-refractivity contribution in [3.05, 3.63) is 10.1 Å². The first-order valence-electron chi connectivity index (χ1n) is 4.14. The van der Waals surface area contributed by atoms with Crippen LogP contribution >= 0.6 is 0 Å². The summed E-state index contributed by atoms with van der Waals surface area (Å²) in [5.41, 5.74) is -0.778. The summed E-state index contributed by atoms with van der Waals surface area (Å²) in [6.07, 6.45) is 1.54. The Labute approximate surface area is 77.2 Å². The number of nitro groups is 1. The van der Waals surface area contributed by atoms with Crippen molar-refractivity contribution in [2.24, 2.45) is 0 Å². The molecule has 1 heterocycles. The van der Waals surface area contributed by atoms with Crippen LogP contribution in [-0.2, 0) is 9.53 Å². The monoisotopic (exact) mass is 189 g/mol. The molecule has 0 aromatic rings. The lowest BCUT2D eigenvalue weighted by atomic mass is 10.1. The van der Waals surface area contributed by atoms with Crippen LogP contribution in [0.2, 0.25) is 0 Å². The molecule has 0 spiro atoms. The van der Waals surface area contributed by atoms with E-state index < -0.39 is 5.54 Å². The van der Waals surface area contributed by atoms with E-state index in [1.54, 1.807) is 20.8 Å². The predicted molar refractivity (Wildman–Crippen MR) is 46.9 cm³/mol. The molecule has 1 fully saturated rings. The van der Waals surface area contributed by atoms with Gasteiger partial charge in [-0.3, -0.25) is 14.9 Å². The summed E-state index contributed by atoms with van der Waals surface area (Å²) in [5.74, 6) is -0.0463. The van der Waals surface area contributed by atoms with Crippen LogP contribution in [0.25, 0.3) is 0 Å². The fraction of sp³-hybridized carbons (Fsp3) is 0.875. The highest BCUT2D eigenvalue weighted by molar-refractivity contribution is 5.70. The summed E-state index contributed by atoms with van der Waals surface area (Å²) in [7, 11) is 0. The van der Waals surface area contributed by atoms with Crippen molar-refractivity contribution in [3.63, 3.8) is 0 Å². The van der Waals surface area contributed by atoms with Crippen LogP contribution in [0.1, 0.15) is 33.6 Å². The summed E-state index contributed by atoms with van der Waals surface area (Å²) < 4.78 is 4.51. The average molecular weight is 189 g/mol. The van der Waals surface area contributed by atoms with E-state index in [0.717, 1.165) is 6.42 Å². The third-order valence-corrected chi connectivity index (χ3v) is 1.34. The van der Waals surface area contributed by atoms with Gasteiger partial charge in [0, 0.05) is 32.1 Å². The first-order valence-corrected chi connectivity index (χ1v) is 4.14. The molecule has 0 N–H and O–H groups in total. The van der Waals surface area contributed by atoms with Crippen LogP contribution in [0.4, 0.5) is 0 Å². The van der Waals surface area contributed by atoms with Crippen molar-refractivity contribution in [1.29, 1.82) is 0 Å². The predicted octanol–water partition coefficient (Wildman–Crippen LogP) is 1.39. The van der Waals surface area contributed by atoms with Gasteiger partial charge in [-0.05, 0) is 6.42 Å². The van der Waals surface area contributed by atoms with Crippen molar-refractivity contribution >= 4 is 5.97 Å². The second-order valence-corrected chi connectivity index (χ2v) is 3.75. The lowest BCUT2D eigenvalue weighted by molar-refractivity contribution is -0.555. The number of ether oxygens (including phenoxy) is 1. The van der Waals surface area contributed by atoms with E-state index in [1.807, 2.05) is 0 Å². The molecule has 0 unspecified atom stereocenters. The molecule has 0 aromatic heterocycles. The smallest absolute Gasteiger partial charge is 0.305 e. The summed E-state index contributed by atoms with van der Waals surface area (Å²) in [6.45, 7) is 5.33. The SMILES string of the molecule is CC(C)(C)[N+](=O)[O-].O=C1CCCO1. The molecule has 5 nitrogen and oxygen atoms in total. The van der Waals surface area contributed by atoms with Crippen LogP contribution in [0, 0.1) is 10.1 Å². The standard InChI is InChI=1S/C4H9NO2.C4H6O2/c1-4(2,3)5(6)7;5-4-2-1-3-6-4/h1-3H3;1-3H2.